The first-order valence-electron chi connectivity index (χ1n) is 31.1. The maximum Gasteiger partial charge on any atom is 0.130 e. The topological polar surface area (TPSA) is 40.6 Å². The van der Waals surface area contributed by atoms with Gasteiger partial charge in [0.15, 0.2) is 0 Å². The van der Waals surface area contributed by atoms with E-state index in [0.29, 0.717) is 28.3 Å². The van der Waals surface area contributed by atoms with E-state index >= 15 is 0 Å². The van der Waals surface area contributed by atoms with Crippen molar-refractivity contribution in [1.29, 1.82) is 0 Å². The van der Waals surface area contributed by atoms with E-state index < -0.39 is 17.7 Å². The zero-order valence-corrected chi connectivity index (χ0v) is 51.3. The molecule has 2 aliphatic rings. The van der Waals surface area contributed by atoms with E-state index in [-0.39, 0.29) is 77.9 Å². The Morgan fingerprint density at radius 1 is 0.580 bits per heavy atom. The van der Waals surface area contributed by atoms with Gasteiger partial charge in [0.25, 0.3) is 0 Å². The Kier molecular flexibility index (Phi) is 13.2. The number of benzene rings is 8. The molecule has 6 heteroatoms. The van der Waals surface area contributed by atoms with E-state index in [2.05, 4.69) is 227 Å². The minimum Gasteiger partial charge on any atom is -0.509 e. The fourth-order valence-corrected chi connectivity index (χ4v) is 11.1. The van der Waals surface area contributed by atoms with Gasteiger partial charge in [-0.15, -0.1) is 48.3 Å². The van der Waals surface area contributed by atoms with Crippen LogP contribution in [0.3, 0.4) is 0 Å². The van der Waals surface area contributed by atoms with Crippen LogP contribution in [0.2, 0.25) is 0 Å². The number of anilines is 6. The van der Waals surface area contributed by atoms with Crippen LogP contribution >= 0.6 is 0 Å². The van der Waals surface area contributed by atoms with Gasteiger partial charge in [0, 0.05) is 82.3 Å². The van der Waals surface area contributed by atoms with Crippen LogP contribution in [0.5, 0.6) is 11.5 Å². The molecule has 0 radical (unpaired) electrons. The van der Waals surface area contributed by atoms with E-state index in [9.17, 15) is 4.11 Å². The second kappa shape index (κ2) is 21.6. The van der Waals surface area contributed by atoms with Gasteiger partial charge in [-0.2, -0.15) is 18.2 Å². The number of para-hydroxylation sites is 3. The van der Waals surface area contributed by atoms with Crippen LogP contribution in [0.15, 0.2) is 176 Å². The average molecular weight is 1250 g/mol. The second-order valence-corrected chi connectivity index (χ2v) is 26.2. The van der Waals surface area contributed by atoms with Crippen molar-refractivity contribution in [3.63, 3.8) is 0 Å². The Morgan fingerprint density at radius 3 is 1.89 bits per heavy atom. The number of rotatable bonds is 10. The number of hydrogen-bond donors (Lipinski definition) is 1. The molecule has 2 heterocycles. The maximum absolute atomic E-state index is 9.58. The molecule has 0 saturated heterocycles. The van der Waals surface area contributed by atoms with E-state index in [1.54, 1.807) is 0 Å². The molecule has 0 atom stereocenters. The van der Waals surface area contributed by atoms with E-state index in [1.807, 2.05) is 42.5 Å². The molecule has 5 nitrogen and oxygen atoms in total. The molecule has 0 bridgehead atoms. The van der Waals surface area contributed by atoms with Crippen molar-refractivity contribution < 1.29 is 34.0 Å². The van der Waals surface area contributed by atoms with E-state index in [1.165, 1.54) is 23.4 Å². The summed E-state index contributed by atoms with van der Waals surface area (Å²) in [6, 6.07) is 59.4. The summed E-state index contributed by atoms with van der Waals surface area (Å²) in [4.78, 5) is 9.26. The van der Waals surface area contributed by atoms with Crippen molar-refractivity contribution in [1.82, 2.24) is 4.98 Å². The summed E-state index contributed by atoms with van der Waals surface area (Å²) < 4.78 is 61.0. The number of aryl methyl sites for hydroxylation is 1. The van der Waals surface area contributed by atoms with E-state index in [4.69, 9.17) is 13.8 Å². The monoisotopic (exact) mass is 1250 g/mol. The standard InChI is InChI=1S/C75H77N4O.Pt/c1-49-42-69(76-47-63(49)53-32-38-64-65(44-53)75(13,14)41-40-74(64,11)12)77-66-39-35-56(73(8,9)10)45-62(66)51-30-36-58(37-31-51)80-59-23-18-22-57(46-59)78-48-79(68-27-16-15-26-67(68)78)70-60(50-28-33-54(34-29-50)71(2,3)4)24-19-25-61(70)52-20-17-21-55(43-52)72(5,6)7;/h15-36,38-39,42-45,47-48H,40-41H2,1-14H3,(H,76,77);/q-3;/i1D3,32D,38D,44D;. The molecule has 1 aliphatic heterocycles. The number of aromatic nitrogens is 1. The molecule has 1 aromatic heterocycles. The predicted molar refractivity (Wildman–Crippen MR) is 337 cm³/mol. The summed E-state index contributed by atoms with van der Waals surface area (Å²) in [5.41, 5.74) is 15.0. The Bertz CT molecular complexity index is 4070. The number of nitrogens with one attached hydrogen (secondary N) is 1. The van der Waals surface area contributed by atoms with Crippen LogP contribution < -0.4 is 19.9 Å². The zero-order valence-electron chi connectivity index (χ0n) is 55.1. The molecule has 8 aromatic carbocycles. The minimum absolute atomic E-state index is 0. The molecule has 0 amide bonds. The summed E-state index contributed by atoms with van der Waals surface area (Å²) in [5.74, 6) is 1.30. The van der Waals surface area contributed by atoms with Crippen LogP contribution in [0, 0.1) is 25.7 Å². The van der Waals surface area contributed by atoms with Gasteiger partial charge in [-0.05, 0) is 121 Å². The number of fused-ring (bicyclic) bond motifs is 2. The number of nitrogens with zero attached hydrogens (tertiary/aromatic N) is 3. The molecular weight excluding hydrogens is 1170 g/mol. The number of pyridine rings is 1. The minimum atomic E-state index is -2.63. The molecule has 1 aliphatic carbocycles. The first-order chi connectivity index (χ1) is 40.4. The van der Waals surface area contributed by atoms with Crippen molar-refractivity contribution >= 4 is 34.3 Å². The van der Waals surface area contributed by atoms with Crippen molar-refractivity contribution in [3.05, 3.63) is 228 Å². The first kappa shape index (κ1) is 49.6. The van der Waals surface area contributed by atoms with E-state index in [0.717, 1.165) is 74.5 Å². The van der Waals surface area contributed by atoms with Crippen molar-refractivity contribution in [2.24, 2.45) is 0 Å². The van der Waals surface area contributed by atoms with Gasteiger partial charge in [-0.1, -0.05) is 205 Å². The van der Waals surface area contributed by atoms with Gasteiger partial charge in [0.1, 0.15) is 5.82 Å². The maximum atomic E-state index is 9.58. The van der Waals surface area contributed by atoms with Crippen LogP contribution in [-0.4, -0.2) is 4.98 Å². The summed E-state index contributed by atoms with van der Waals surface area (Å²) in [6.45, 7) is 27.8. The van der Waals surface area contributed by atoms with Crippen LogP contribution in [0.4, 0.5) is 34.3 Å². The summed E-state index contributed by atoms with van der Waals surface area (Å²) in [5, 5.41) is 3.45. The molecule has 0 saturated carbocycles. The fraction of sp³-hybridized carbons (Fsp3) is 0.280. The van der Waals surface area contributed by atoms with Gasteiger partial charge in [-0.3, -0.25) is 0 Å². The molecule has 1 N–H and O–H groups in total. The van der Waals surface area contributed by atoms with Gasteiger partial charge in [-0.25, -0.2) is 4.98 Å². The van der Waals surface area contributed by atoms with Crippen LogP contribution in [0.1, 0.15) is 144 Å². The average Bonchev–Trinajstić information content (AvgIpc) is 0.987. The van der Waals surface area contributed by atoms with Crippen LogP contribution in [0.25, 0.3) is 44.5 Å². The van der Waals surface area contributed by atoms with Gasteiger partial charge >= 0.3 is 0 Å². The first-order valence-corrected chi connectivity index (χ1v) is 28.1. The third-order valence-corrected chi connectivity index (χ3v) is 16.2. The normalized spacial score (nSPS) is 15.9. The molecule has 9 aromatic rings. The third kappa shape index (κ3) is 11.5. The Labute approximate surface area is 506 Å². The third-order valence-electron chi connectivity index (χ3n) is 16.2. The second-order valence-electron chi connectivity index (χ2n) is 26.2. The Balaban J connectivity index is 0.00000838. The smallest absolute Gasteiger partial charge is 0.130 e. The van der Waals surface area contributed by atoms with Crippen molar-refractivity contribution in [2.45, 2.75) is 137 Å². The van der Waals surface area contributed by atoms with Gasteiger partial charge in [0.2, 0.25) is 0 Å². The molecule has 0 unspecified atom stereocenters. The zero-order chi connectivity index (χ0) is 61.6. The Morgan fingerprint density at radius 2 is 1.21 bits per heavy atom. The van der Waals surface area contributed by atoms with Gasteiger partial charge < -0.3 is 19.9 Å². The van der Waals surface area contributed by atoms with Crippen molar-refractivity contribution in [2.75, 3.05) is 15.1 Å². The molecule has 11 rings (SSSR count). The van der Waals surface area contributed by atoms with Crippen molar-refractivity contribution in [3.8, 4) is 56.0 Å². The Hall–Kier alpha value is -7.20. The molecule has 0 spiro atoms. The molecule has 81 heavy (non-hydrogen) atoms. The number of hydrogen-bond acceptors (Lipinski definition) is 5. The summed E-state index contributed by atoms with van der Waals surface area (Å²) in [7, 11) is 0. The predicted octanol–water partition coefficient (Wildman–Crippen LogP) is 20.8. The largest absolute Gasteiger partial charge is 0.509 e. The molecular formula is C75H77N4OPt-3. The fourth-order valence-electron chi connectivity index (χ4n) is 11.1. The molecule has 416 valence electrons. The quantitative estimate of drug-likeness (QED) is 0.138. The van der Waals surface area contributed by atoms with Crippen LogP contribution in [-0.2, 0) is 48.1 Å². The number of ether oxygens (including phenoxy) is 1. The summed E-state index contributed by atoms with van der Waals surface area (Å²) in [6.07, 6.45) is 3.07. The molecule has 0 fully saturated rings. The van der Waals surface area contributed by atoms with Gasteiger partial charge in [0.05, 0.1) is 4.11 Å². The summed E-state index contributed by atoms with van der Waals surface area (Å²) >= 11 is 0. The SMILES string of the molecule is [2H]c1c([2H])c2c(c([2H])c1-c1cnc(Nc3ccc(C(C)(C)C)cc3-c3c[c-]c(Oc4[c-]c(N5[CH-]N(c6c(-c7ccc(C(C)(C)C)cc7)cccc6-c6cccc(C(C)(C)C)c6)c6ccccc65)ccc4)cc3)cc1C([2H])([2H])[2H])C(C)(C)CCC2(C)C.[Pt].